The highest BCUT2D eigenvalue weighted by atomic mass is 15.4. The molecule has 0 spiro atoms. The topological polar surface area (TPSA) is 100 Å². The maximum Gasteiger partial charge on any atom is 0.132 e. The summed E-state index contributed by atoms with van der Waals surface area (Å²) in [5, 5.41) is 3.29. The van der Waals surface area contributed by atoms with Crippen molar-refractivity contribution in [3.05, 3.63) is 59.8 Å². The first-order valence-corrected chi connectivity index (χ1v) is 8.42. The van der Waals surface area contributed by atoms with Crippen LogP contribution >= 0.6 is 0 Å². The Bertz CT molecular complexity index is 923. The van der Waals surface area contributed by atoms with E-state index < -0.39 is 0 Å². The van der Waals surface area contributed by atoms with Gasteiger partial charge >= 0.3 is 0 Å². The lowest BCUT2D eigenvalue weighted by Gasteiger charge is -2.20. The average Bonchev–Trinajstić information content (AvgIpc) is 2.65. The van der Waals surface area contributed by atoms with Crippen molar-refractivity contribution in [2.45, 2.75) is 13.8 Å². The van der Waals surface area contributed by atoms with E-state index in [2.05, 4.69) is 51.1 Å². The Labute approximate surface area is 152 Å². The van der Waals surface area contributed by atoms with Crippen LogP contribution < -0.4 is 21.9 Å². The van der Waals surface area contributed by atoms with Crippen LogP contribution in [-0.2, 0) is 0 Å². The number of pyridine rings is 2. The molecule has 0 saturated carbocycles. The molecule has 1 aliphatic heterocycles. The molecular weight excluding hydrogens is 326 g/mol. The largest absolute Gasteiger partial charge is 0.404 e. The first-order valence-electron chi connectivity index (χ1n) is 8.42. The van der Waals surface area contributed by atoms with E-state index in [0.29, 0.717) is 5.92 Å². The molecule has 5 N–H and O–H groups in total. The van der Waals surface area contributed by atoms with Crippen molar-refractivity contribution >= 4 is 28.6 Å². The predicted octanol–water partition coefficient (Wildman–Crippen LogP) is 2.53. The fourth-order valence-electron chi connectivity index (χ4n) is 2.57. The molecule has 2 aromatic heterocycles. The zero-order valence-corrected chi connectivity index (χ0v) is 15.1. The van der Waals surface area contributed by atoms with E-state index in [1.807, 2.05) is 24.4 Å². The quantitative estimate of drug-likeness (QED) is 0.619. The molecular formula is C19H23N7. The maximum atomic E-state index is 5.68. The van der Waals surface area contributed by atoms with E-state index in [1.165, 1.54) is 11.8 Å². The van der Waals surface area contributed by atoms with Crippen molar-refractivity contribution in [2.75, 3.05) is 12.4 Å². The third-order valence-electron chi connectivity index (χ3n) is 4.00. The van der Waals surface area contributed by atoms with Crippen LogP contribution in [0.15, 0.2) is 59.3 Å². The molecule has 0 saturated heterocycles. The number of hydrazine groups is 1. The highest BCUT2D eigenvalue weighted by Crippen LogP contribution is 2.20. The molecule has 0 bridgehead atoms. The third kappa shape index (κ3) is 3.83. The number of fused-ring (bicyclic) bond motifs is 1. The highest BCUT2D eigenvalue weighted by molar-refractivity contribution is 6.10. The first-order chi connectivity index (χ1) is 12.6. The van der Waals surface area contributed by atoms with Crippen molar-refractivity contribution in [1.29, 1.82) is 0 Å². The van der Waals surface area contributed by atoms with Gasteiger partial charge in [0.1, 0.15) is 11.6 Å². The summed E-state index contributed by atoms with van der Waals surface area (Å²) >= 11 is 0. The molecule has 0 fully saturated rings. The van der Waals surface area contributed by atoms with Crippen LogP contribution in [0.1, 0.15) is 19.4 Å². The summed E-state index contributed by atoms with van der Waals surface area (Å²) in [6, 6.07) is 5.79. The summed E-state index contributed by atoms with van der Waals surface area (Å²) in [5.74, 6) is 2.00. The normalized spacial score (nSPS) is 14.8. The molecule has 0 amide bonds. The second-order valence-electron chi connectivity index (χ2n) is 6.22. The van der Waals surface area contributed by atoms with Gasteiger partial charge in [0, 0.05) is 43.0 Å². The van der Waals surface area contributed by atoms with E-state index >= 15 is 0 Å². The van der Waals surface area contributed by atoms with Gasteiger partial charge in [0.25, 0.3) is 0 Å². The predicted molar refractivity (Wildman–Crippen MR) is 107 cm³/mol. The van der Waals surface area contributed by atoms with Gasteiger partial charge in [-0.3, -0.25) is 15.4 Å². The van der Waals surface area contributed by atoms with E-state index in [9.17, 15) is 0 Å². The Morgan fingerprint density at radius 1 is 1.31 bits per heavy atom. The van der Waals surface area contributed by atoms with Crippen molar-refractivity contribution < 1.29 is 0 Å². The fraction of sp³-hybridized carbons (Fsp3) is 0.211. The zero-order valence-electron chi connectivity index (χ0n) is 15.1. The van der Waals surface area contributed by atoms with Crippen LogP contribution in [0.3, 0.4) is 0 Å². The Balaban J connectivity index is 1.90. The van der Waals surface area contributed by atoms with Gasteiger partial charge in [-0.15, -0.1) is 0 Å². The molecule has 0 atom stereocenters. The van der Waals surface area contributed by atoms with Gasteiger partial charge in [-0.2, -0.15) is 0 Å². The van der Waals surface area contributed by atoms with Crippen LogP contribution in [0.5, 0.6) is 0 Å². The van der Waals surface area contributed by atoms with E-state index in [1.54, 1.807) is 19.5 Å². The lowest BCUT2D eigenvalue weighted by atomic mass is 10.0. The third-order valence-corrected chi connectivity index (χ3v) is 4.00. The second-order valence-corrected chi connectivity index (χ2v) is 6.22. The minimum absolute atomic E-state index is 0.430. The van der Waals surface area contributed by atoms with Gasteiger partial charge in [-0.25, -0.2) is 4.98 Å². The Morgan fingerprint density at radius 3 is 2.88 bits per heavy atom. The number of nitrogens with one attached hydrogen (secondary N) is 3. The molecule has 0 aromatic carbocycles. The van der Waals surface area contributed by atoms with E-state index in [0.717, 1.165) is 33.8 Å². The number of hydrogen-bond acceptors (Lipinski definition) is 7. The standard InChI is InChI=1S/C19H23N7/c1-12(2)13-7-19(26-23-11-13)25-18-5-4-16-17(24-18)6-14(10-22-16)15(8-20)9-21-3/h4-12,23,26H,20H2,1-3H3,(H,24,25). The summed E-state index contributed by atoms with van der Waals surface area (Å²) in [5.41, 5.74) is 16.3. The molecule has 134 valence electrons. The van der Waals surface area contributed by atoms with Gasteiger partial charge in [0.05, 0.1) is 11.0 Å². The zero-order chi connectivity index (χ0) is 18.5. The molecule has 0 aliphatic carbocycles. The Kier molecular flexibility index (Phi) is 5.17. The molecule has 3 heterocycles. The van der Waals surface area contributed by atoms with Crippen LogP contribution in [0.4, 0.5) is 5.82 Å². The van der Waals surface area contributed by atoms with Crippen molar-refractivity contribution in [3.8, 4) is 0 Å². The SMILES string of the molecule is CN=CC(=CN)c1cnc2ccc(NC3=CC(C(C)C)=CNN3)nc2c1. The molecule has 3 rings (SSSR count). The van der Waals surface area contributed by atoms with Crippen LogP contribution in [-0.4, -0.2) is 23.2 Å². The number of rotatable bonds is 5. The summed E-state index contributed by atoms with van der Waals surface area (Å²) < 4.78 is 0. The second kappa shape index (κ2) is 7.69. The molecule has 7 nitrogen and oxygen atoms in total. The molecule has 1 aliphatic rings. The molecule has 0 radical (unpaired) electrons. The summed E-state index contributed by atoms with van der Waals surface area (Å²) in [4.78, 5) is 13.1. The molecule has 26 heavy (non-hydrogen) atoms. The smallest absolute Gasteiger partial charge is 0.132 e. The van der Waals surface area contributed by atoms with Crippen molar-refractivity contribution in [1.82, 2.24) is 20.8 Å². The summed E-state index contributed by atoms with van der Waals surface area (Å²) in [7, 11) is 1.71. The lowest BCUT2D eigenvalue weighted by Crippen LogP contribution is -2.33. The van der Waals surface area contributed by atoms with Gasteiger partial charge in [-0.1, -0.05) is 13.8 Å². The first kappa shape index (κ1) is 17.5. The molecule has 7 heteroatoms. The van der Waals surface area contributed by atoms with Crippen LogP contribution in [0.25, 0.3) is 16.6 Å². The number of hydrogen-bond donors (Lipinski definition) is 4. The number of anilines is 1. The molecule has 2 aromatic rings. The van der Waals surface area contributed by atoms with Crippen LogP contribution in [0, 0.1) is 5.92 Å². The lowest BCUT2D eigenvalue weighted by molar-refractivity contribution is 0.677. The highest BCUT2D eigenvalue weighted by Gasteiger charge is 2.09. The van der Waals surface area contributed by atoms with Crippen molar-refractivity contribution in [2.24, 2.45) is 16.6 Å². The van der Waals surface area contributed by atoms with E-state index in [-0.39, 0.29) is 0 Å². The number of allylic oxidation sites excluding steroid dienone is 3. The Hall–Kier alpha value is -3.35. The summed E-state index contributed by atoms with van der Waals surface area (Å²) in [6.07, 6.45) is 9.00. The number of aliphatic imine (C=N–C) groups is 1. The van der Waals surface area contributed by atoms with E-state index in [4.69, 9.17) is 5.73 Å². The maximum absolute atomic E-state index is 5.68. The average molecular weight is 349 g/mol. The van der Waals surface area contributed by atoms with Gasteiger partial charge < -0.3 is 16.5 Å². The summed E-state index contributed by atoms with van der Waals surface area (Å²) in [6.45, 7) is 4.30. The monoisotopic (exact) mass is 349 g/mol. The Morgan fingerprint density at radius 2 is 2.15 bits per heavy atom. The van der Waals surface area contributed by atoms with Crippen LogP contribution in [0.2, 0.25) is 0 Å². The minimum Gasteiger partial charge on any atom is -0.404 e. The van der Waals surface area contributed by atoms with Gasteiger partial charge in [0.15, 0.2) is 0 Å². The molecule has 0 unspecified atom stereocenters. The number of nitrogens with two attached hydrogens (primary N) is 1. The van der Waals surface area contributed by atoms with Crippen molar-refractivity contribution in [3.63, 3.8) is 0 Å². The fourth-order valence-corrected chi connectivity index (χ4v) is 2.57. The van der Waals surface area contributed by atoms with Gasteiger partial charge in [0.2, 0.25) is 0 Å². The van der Waals surface area contributed by atoms with Gasteiger partial charge in [-0.05, 0) is 35.8 Å². The number of nitrogens with zero attached hydrogens (tertiary/aromatic N) is 3. The minimum atomic E-state index is 0.430. The number of aromatic nitrogens is 2.